The molecule has 1 aromatic carbocycles. The van der Waals surface area contributed by atoms with Crippen molar-refractivity contribution in [1.82, 2.24) is 4.31 Å². The van der Waals surface area contributed by atoms with Gasteiger partial charge in [0.15, 0.2) is 0 Å². The highest BCUT2D eigenvalue weighted by Gasteiger charge is 2.33. The van der Waals surface area contributed by atoms with Crippen molar-refractivity contribution in [2.24, 2.45) is 5.73 Å². The van der Waals surface area contributed by atoms with Crippen molar-refractivity contribution in [3.05, 3.63) is 52.9 Å². The second-order valence-electron chi connectivity index (χ2n) is 5.18. The zero-order chi connectivity index (χ0) is 14.9. The molecule has 1 unspecified atom stereocenters. The fraction of sp³-hybridized carbons (Fsp3) is 0.333. The molecule has 0 spiro atoms. The van der Waals surface area contributed by atoms with Crippen LogP contribution in [-0.4, -0.2) is 25.8 Å². The predicted octanol–water partition coefficient (Wildman–Crippen LogP) is 2.39. The van der Waals surface area contributed by atoms with Gasteiger partial charge in [0.2, 0.25) is 0 Å². The summed E-state index contributed by atoms with van der Waals surface area (Å²) in [5.41, 5.74) is 6.77. The van der Waals surface area contributed by atoms with Crippen LogP contribution in [0.15, 0.2) is 46.7 Å². The SMILES string of the molecule is NCc1ccc(S(=O)(=O)N2CCC(c3ccccc3)C2)s1. The largest absolute Gasteiger partial charge is 0.326 e. The van der Waals surface area contributed by atoms with E-state index in [0.29, 0.717) is 23.8 Å². The van der Waals surface area contributed by atoms with Gasteiger partial charge in [0.05, 0.1) is 0 Å². The van der Waals surface area contributed by atoms with Gasteiger partial charge >= 0.3 is 0 Å². The minimum Gasteiger partial charge on any atom is -0.326 e. The Morgan fingerprint density at radius 1 is 1.19 bits per heavy atom. The summed E-state index contributed by atoms with van der Waals surface area (Å²) in [5, 5.41) is 0. The number of thiophene rings is 1. The number of hydrogen-bond acceptors (Lipinski definition) is 4. The van der Waals surface area contributed by atoms with Gasteiger partial charge < -0.3 is 5.73 Å². The molecule has 0 aliphatic carbocycles. The Bertz CT molecular complexity index is 710. The average molecular weight is 322 g/mol. The lowest BCUT2D eigenvalue weighted by molar-refractivity contribution is 0.474. The van der Waals surface area contributed by atoms with Crippen LogP contribution in [0.2, 0.25) is 0 Å². The molecular formula is C15H18N2O2S2. The normalized spacial score (nSPS) is 20.0. The smallest absolute Gasteiger partial charge is 0.252 e. The minimum absolute atomic E-state index is 0.287. The molecule has 6 heteroatoms. The molecule has 0 amide bonds. The van der Waals surface area contributed by atoms with Crippen molar-refractivity contribution >= 4 is 21.4 Å². The van der Waals surface area contributed by atoms with E-state index in [1.807, 2.05) is 18.2 Å². The van der Waals surface area contributed by atoms with Gasteiger partial charge in [0.25, 0.3) is 10.0 Å². The van der Waals surface area contributed by atoms with E-state index in [1.54, 1.807) is 16.4 Å². The third-order valence-electron chi connectivity index (χ3n) is 3.85. The van der Waals surface area contributed by atoms with Crippen molar-refractivity contribution in [3.8, 4) is 0 Å². The highest BCUT2D eigenvalue weighted by atomic mass is 32.2. The van der Waals surface area contributed by atoms with Crippen LogP contribution >= 0.6 is 11.3 Å². The zero-order valence-electron chi connectivity index (χ0n) is 11.6. The molecule has 2 heterocycles. The predicted molar refractivity (Wildman–Crippen MR) is 84.8 cm³/mol. The quantitative estimate of drug-likeness (QED) is 0.940. The summed E-state index contributed by atoms with van der Waals surface area (Å²) in [6.07, 6.45) is 0.873. The Kier molecular flexibility index (Phi) is 4.12. The summed E-state index contributed by atoms with van der Waals surface area (Å²) in [5.74, 6) is 0.287. The number of nitrogens with zero attached hydrogens (tertiary/aromatic N) is 1. The molecule has 112 valence electrons. The van der Waals surface area contributed by atoms with Crippen LogP contribution in [-0.2, 0) is 16.6 Å². The molecule has 1 aliphatic rings. The molecular weight excluding hydrogens is 304 g/mol. The molecule has 1 saturated heterocycles. The van der Waals surface area contributed by atoms with Crippen molar-refractivity contribution in [3.63, 3.8) is 0 Å². The Morgan fingerprint density at radius 2 is 1.95 bits per heavy atom. The maximum atomic E-state index is 12.6. The first-order valence-corrected chi connectivity index (χ1v) is 9.21. The van der Waals surface area contributed by atoms with E-state index in [2.05, 4.69) is 12.1 Å². The van der Waals surface area contributed by atoms with Crippen molar-refractivity contribution in [1.29, 1.82) is 0 Å². The number of rotatable bonds is 4. The highest BCUT2D eigenvalue weighted by molar-refractivity contribution is 7.91. The van der Waals surface area contributed by atoms with E-state index >= 15 is 0 Å². The van der Waals surface area contributed by atoms with Crippen molar-refractivity contribution < 1.29 is 8.42 Å². The fourth-order valence-corrected chi connectivity index (χ4v) is 5.57. The van der Waals surface area contributed by atoms with Crippen LogP contribution in [0.3, 0.4) is 0 Å². The molecule has 4 nitrogen and oxygen atoms in total. The van der Waals surface area contributed by atoms with Gasteiger partial charge in [0.1, 0.15) is 4.21 Å². The second kappa shape index (κ2) is 5.88. The molecule has 1 aromatic heterocycles. The highest BCUT2D eigenvalue weighted by Crippen LogP contribution is 2.33. The van der Waals surface area contributed by atoms with E-state index < -0.39 is 10.0 Å². The van der Waals surface area contributed by atoms with Crippen LogP contribution in [0.25, 0.3) is 0 Å². The van der Waals surface area contributed by atoms with Crippen LogP contribution in [0.5, 0.6) is 0 Å². The van der Waals surface area contributed by atoms with Gasteiger partial charge in [-0.05, 0) is 30.0 Å². The summed E-state index contributed by atoms with van der Waals surface area (Å²) >= 11 is 1.27. The van der Waals surface area contributed by atoms with E-state index in [4.69, 9.17) is 5.73 Å². The summed E-state index contributed by atoms with van der Waals surface area (Å²) in [6, 6.07) is 13.6. The van der Waals surface area contributed by atoms with Gasteiger partial charge in [-0.2, -0.15) is 4.31 Å². The van der Waals surface area contributed by atoms with E-state index in [9.17, 15) is 8.42 Å². The molecule has 0 saturated carbocycles. The van der Waals surface area contributed by atoms with Gasteiger partial charge in [-0.15, -0.1) is 11.3 Å². The number of nitrogens with two attached hydrogens (primary N) is 1. The Hall–Kier alpha value is -1.21. The average Bonchev–Trinajstić information content (AvgIpc) is 3.18. The van der Waals surface area contributed by atoms with Gasteiger partial charge in [-0.25, -0.2) is 8.42 Å². The van der Waals surface area contributed by atoms with Crippen molar-refractivity contribution in [2.45, 2.75) is 23.1 Å². The number of hydrogen-bond donors (Lipinski definition) is 1. The van der Waals surface area contributed by atoms with Gasteiger partial charge in [0, 0.05) is 24.5 Å². The Labute approximate surface area is 129 Å². The maximum absolute atomic E-state index is 12.6. The Morgan fingerprint density at radius 3 is 2.62 bits per heavy atom. The van der Waals surface area contributed by atoms with Gasteiger partial charge in [-0.3, -0.25) is 0 Å². The fourth-order valence-electron chi connectivity index (χ4n) is 2.68. The summed E-state index contributed by atoms with van der Waals surface area (Å²) < 4.78 is 27.3. The van der Waals surface area contributed by atoms with Crippen LogP contribution in [0.1, 0.15) is 22.8 Å². The molecule has 0 bridgehead atoms. The summed E-state index contributed by atoms with van der Waals surface area (Å²) in [4.78, 5) is 0.896. The van der Waals surface area contributed by atoms with E-state index in [-0.39, 0.29) is 5.92 Å². The van der Waals surface area contributed by atoms with Gasteiger partial charge in [-0.1, -0.05) is 30.3 Å². The lowest BCUT2D eigenvalue weighted by atomic mass is 9.99. The first-order valence-electron chi connectivity index (χ1n) is 6.95. The molecule has 1 aliphatic heterocycles. The van der Waals surface area contributed by atoms with E-state index in [1.165, 1.54) is 16.9 Å². The molecule has 0 radical (unpaired) electrons. The first kappa shape index (κ1) is 14.7. The summed E-state index contributed by atoms with van der Waals surface area (Å²) in [7, 11) is -3.37. The third-order valence-corrected chi connectivity index (χ3v) is 7.29. The molecule has 21 heavy (non-hydrogen) atoms. The zero-order valence-corrected chi connectivity index (χ0v) is 13.2. The van der Waals surface area contributed by atoms with Crippen LogP contribution < -0.4 is 5.73 Å². The lowest BCUT2D eigenvalue weighted by Crippen LogP contribution is -2.28. The second-order valence-corrected chi connectivity index (χ2v) is 8.52. The number of benzene rings is 1. The molecule has 2 N–H and O–H groups in total. The molecule has 1 atom stereocenters. The Balaban J connectivity index is 1.79. The monoisotopic (exact) mass is 322 g/mol. The maximum Gasteiger partial charge on any atom is 0.252 e. The van der Waals surface area contributed by atoms with Crippen LogP contribution in [0, 0.1) is 0 Å². The molecule has 1 fully saturated rings. The standard InChI is InChI=1S/C15H18N2O2S2/c16-10-14-6-7-15(20-14)21(18,19)17-9-8-13(11-17)12-4-2-1-3-5-12/h1-7,13H,8-11,16H2. The third kappa shape index (κ3) is 2.89. The lowest BCUT2D eigenvalue weighted by Gasteiger charge is -2.15. The first-order chi connectivity index (χ1) is 10.1. The van der Waals surface area contributed by atoms with Crippen LogP contribution in [0.4, 0.5) is 0 Å². The minimum atomic E-state index is -3.37. The van der Waals surface area contributed by atoms with E-state index in [0.717, 1.165) is 11.3 Å². The van der Waals surface area contributed by atoms with Crippen molar-refractivity contribution in [2.75, 3.05) is 13.1 Å². The number of sulfonamides is 1. The summed E-state index contributed by atoms with van der Waals surface area (Å²) in [6.45, 7) is 1.52. The molecule has 3 rings (SSSR count). The topological polar surface area (TPSA) is 63.4 Å². The molecule has 2 aromatic rings.